The summed E-state index contributed by atoms with van der Waals surface area (Å²) in [7, 11) is 0. The normalized spacial score (nSPS) is 10.7. The van der Waals surface area contributed by atoms with Gasteiger partial charge in [-0.25, -0.2) is 0 Å². The van der Waals surface area contributed by atoms with Crippen molar-refractivity contribution in [2.45, 2.75) is 5.92 Å². The van der Waals surface area contributed by atoms with E-state index in [1.807, 2.05) is 60.9 Å². The number of hydrogen-bond donors (Lipinski definition) is 0. The van der Waals surface area contributed by atoms with E-state index in [2.05, 4.69) is 38.0 Å². The van der Waals surface area contributed by atoms with Gasteiger partial charge in [-0.05, 0) is 42.0 Å². The zero-order valence-corrected chi connectivity index (χ0v) is 12.4. The maximum atomic E-state index is 4.50. The fourth-order valence-electron chi connectivity index (χ4n) is 2.24. The minimum atomic E-state index is 0.0606. The summed E-state index contributed by atoms with van der Waals surface area (Å²) >= 11 is 3.48. The smallest absolute Gasteiger partial charge is 0.0685 e. The fourth-order valence-corrected chi connectivity index (χ4v) is 2.51. The summed E-state index contributed by atoms with van der Waals surface area (Å²) in [6, 6.07) is 20.3. The summed E-state index contributed by atoms with van der Waals surface area (Å²) in [5.74, 6) is 0.0606. The molecule has 0 radical (unpaired) electrons. The first-order chi connectivity index (χ1) is 9.84. The van der Waals surface area contributed by atoms with Crippen LogP contribution in [0.15, 0.2) is 77.5 Å². The molecule has 2 heterocycles. The molecule has 3 aromatic rings. The number of halogens is 1. The summed E-state index contributed by atoms with van der Waals surface area (Å²) in [5, 5.41) is 0. The molecule has 2 nitrogen and oxygen atoms in total. The van der Waals surface area contributed by atoms with Crippen LogP contribution in [0.2, 0.25) is 0 Å². The Morgan fingerprint density at radius 1 is 0.700 bits per heavy atom. The second-order valence-electron chi connectivity index (χ2n) is 4.49. The lowest BCUT2D eigenvalue weighted by atomic mass is 9.91. The minimum absolute atomic E-state index is 0.0606. The Labute approximate surface area is 126 Å². The van der Waals surface area contributed by atoms with E-state index in [-0.39, 0.29) is 5.92 Å². The number of aromatic nitrogens is 2. The van der Waals surface area contributed by atoms with Gasteiger partial charge in [0, 0.05) is 16.9 Å². The van der Waals surface area contributed by atoms with E-state index in [4.69, 9.17) is 0 Å². The topological polar surface area (TPSA) is 25.8 Å². The average Bonchev–Trinajstić information content (AvgIpc) is 2.52. The summed E-state index contributed by atoms with van der Waals surface area (Å²) in [6.07, 6.45) is 3.65. The van der Waals surface area contributed by atoms with Crippen LogP contribution < -0.4 is 0 Å². The quantitative estimate of drug-likeness (QED) is 0.712. The Morgan fingerprint density at radius 2 is 1.25 bits per heavy atom. The third-order valence-electron chi connectivity index (χ3n) is 3.17. The Morgan fingerprint density at radius 3 is 1.70 bits per heavy atom. The second-order valence-corrected chi connectivity index (χ2v) is 5.41. The zero-order chi connectivity index (χ0) is 13.8. The maximum Gasteiger partial charge on any atom is 0.0685 e. The van der Waals surface area contributed by atoms with Crippen molar-refractivity contribution in [3.05, 3.63) is 94.5 Å². The van der Waals surface area contributed by atoms with E-state index in [1.54, 1.807) is 0 Å². The van der Waals surface area contributed by atoms with Gasteiger partial charge >= 0.3 is 0 Å². The van der Waals surface area contributed by atoms with Crippen LogP contribution in [0.25, 0.3) is 0 Å². The van der Waals surface area contributed by atoms with Gasteiger partial charge in [-0.2, -0.15) is 0 Å². The molecular weight excluding hydrogens is 312 g/mol. The van der Waals surface area contributed by atoms with Crippen molar-refractivity contribution in [2.75, 3.05) is 0 Å². The molecule has 0 spiro atoms. The van der Waals surface area contributed by atoms with Crippen LogP contribution in [0, 0.1) is 0 Å². The van der Waals surface area contributed by atoms with Crippen LogP contribution in [0.5, 0.6) is 0 Å². The van der Waals surface area contributed by atoms with Gasteiger partial charge in [-0.15, -0.1) is 0 Å². The summed E-state index contributed by atoms with van der Waals surface area (Å²) in [5.41, 5.74) is 3.20. The van der Waals surface area contributed by atoms with Crippen LogP contribution in [0.1, 0.15) is 22.9 Å². The molecule has 1 aromatic carbocycles. The van der Waals surface area contributed by atoms with Crippen molar-refractivity contribution in [3.63, 3.8) is 0 Å². The molecule has 0 bridgehead atoms. The van der Waals surface area contributed by atoms with Gasteiger partial charge in [0.15, 0.2) is 0 Å². The highest BCUT2D eigenvalue weighted by atomic mass is 79.9. The molecule has 0 aliphatic rings. The fraction of sp³-hybridized carbons (Fsp3) is 0.0588. The van der Waals surface area contributed by atoms with Crippen molar-refractivity contribution in [2.24, 2.45) is 0 Å². The first-order valence-electron chi connectivity index (χ1n) is 6.42. The molecular formula is C17H13BrN2. The third-order valence-corrected chi connectivity index (χ3v) is 3.70. The van der Waals surface area contributed by atoms with E-state index in [0.717, 1.165) is 15.9 Å². The first-order valence-corrected chi connectivity index (χ1v) is 7.21. The largest absolute Gasteiger partial charge is 0.260 e. The van der Waals surface area contributed by atoms with Crippen molar-refractivity contribution in [1.82, 2.24) is 9.97 Å². The van der Waals surface area contributed by atoms with Crippen LogP contribution in [-0.4, -0.2) is 9.97 Å². The predicted octanol–water partition coefficient (Wildman–Crippen LogP) is 4.42. The van der Waals surface area contributed by atoms with Crippen LogP contribution in [0.3, 0.4) is 0 Å². The predicted molar refractivity (Wildman–Crippen MR) is 83.6 cm³/mol. The number of nitrogens with zero attached hydrogens (tertiary/aromatic N) is 2. The summed E-state index contributed by atoms with van der Waals surface area (Å²) in [6.45, 7) is 0. The van der Waals surface area contributed by atoms with Gasteiger partial charge < -0.3 is 0 Å². The Bertz CT molecular complexity index is 627. The lowest BCUT2D eigenvalue weighted by Crippen LogP contribution is -2.06. The molecule has 3 heteroatoms. The molecule has 0 aliphatic carbocycles. The molecule has 20 heavy (non-hydrogen) atoms. The third kappa shape index (κ3) is 2.78. The van der Waals surface area contributed by atoms with Crippen LogP contribution in [0.4, 0.5) is 0 Å². The van der Waals surface area contributed by atoms with E-state index in [9.17, 15) is 0 Å². The number of hydrogen-bond acceptors (Lipinski definition) is 2. The first kappa shape index (κ1) is 13.0. The SMILES string of the molecule is Brc1ccc(C(c2ccccn2)c2ccccn2)cc1. The lowest BCUT2D eigenvalue weighted by molar-refractivity contribution is 0.875. The molecule has 0 atom stereocenters. The Kier molecular flexibility index (Phi) is 3.88. The monoisotopic (exact) mass is 324 g/mol. The van der Waals surface area contributed by atoms with Crippen molar-refractivity contribution in [1.29, 1.82) is 0 Å². The summed E-state index contributed by atoms with van der Waals surface area (Å²) in [4.78, 5) is 9.01. The van der Waals surface area contributed by atoms with Gasteiger partial charge in [0.25, 0.3) is 0 Å². The van der Waals surface area contributed by atoms with Gasteiger partial charge in [0.2, 0.25) is 0 Å². The lowest BCUT2D eigenvalue weighted by Gasteiger charge is -2.16. The van der Waals surface area contributed by atoms with Crippen LogP contribution in [-0.2, 0) is 0 Å². The molecule has 0 fully saturated rings. The number of pyridine rings is 2. The van der Waals surface area contributed by atoms with Crippen molar-refractivity contribution < 1.29 is 0 Å². The summed E-state index contributed by atoms with van der Waals surface area (Å²) < 4.78 is 1.07. The van der Waals surface area contributed by atoms with Gasteiger partial charge in [-0.1, -0.05) is 40.2 Å². The molecule has 0 aliphatic heterocycles. The van der Waals surface area contributed by atoms with E-state index in [1.165, 1.54) is 5.56 Å². The molecule has 0 N–H and O–H groups in total. The Hall–Kier alpha value is -2.00. The standard InChI is InChI=1S/C17H13BrN2/c18-14-9-7-13(8-10-14)17(15-5-1-3-11-19-15)16-6-2-4-12-20-16/h1-12,17H. The highest BCUT2D eigenvalue weighted by Crippen LogP contribution is 2.29. The van der Waals surface area contributed by atoms with Crippen molar-refractivity contribution in [3.8, 4) is 0 Å². The molecule has 0 saturated carbocycles. The highest BCUT2D eigenvalue weighted by molar-refractivity contribution is 9.10. The van der Waals surface area contributed by atoms with Gasteiger partial charge in [0.1, 0.15) is 0 Å². The molecule has 2 aromatic heterocycles. The maximum absolute atomic E-state index is 4.50. The number of rotatable bonds is 3. The van der Waals surface area contributed by atoms with E-state index in [0.29, 0.717) is 0 Å². The van der Waals surface area contributed by atoms with Gasteiger partial charge in [0.05, 0.1) is 17.3 Å². The molecule has 0 amide bonds. The van der Waals surface area contributed by atoms with E-state index >= 15 is 0 Å². The zero-order valence-electron chi connectivity index (χ0n) is 10.8. The highest BCUT2D eigenvalue weighted by Gasteiger charge is 2.18. The van der Waals surface area contributed by atoms with E-state index < -0.39 is 0 Å². The van der Waals surface area contributed by atoms with Crippen molar-refractivity contribution >= 4 is 15.9 Å². The Balaban J connectivity index is 2.11. The molecule has 3 rings (SSSR count). The molecule has 98 valence electrons. The molecule has 0 saturated heterocycles. The average molecular weight is 325 g/mol. The second kappa shape index (κ2) is 5.97. The van der Waals surface area contributed by atoms with Gasteiger partial charge in [-0.3, -0.25) is 9.97 Å². The van der Waals surface area contributed by atoms with Crippen LogP contribution >= 0.6 is 15.9 Å². The number of benzene rings is 1. The molecule has 0 unspecified atom stereocenters. The minimum Gasteiger partial charge on any atom is -0.260 e.